The summed E-state index contributed by atoms with van der Waals surface area (Å²) in [4.78, 5) is 26.7. The Morgan fingerprint density at radius 1 is 0.590 bits per heavy atom. The average molecular weight is 641 g/mol. The van der Waals surface area contributed by atoms with Gasteiger partial charge in [-0.25, -0.2) is 9.13 Å². The van der Waals surface area contributed by atoms with Gasteiger partial charge in [0.25, 0.3) is 0 Å². The molecule has 0 rings (SSSR count). The molecule has 0 aromatic carbocycles. The van der Waals surface area contributed by atoms with E-state index in [-0.39, 0.29) is 40.3 Å². The van der Waals surface area contributed by atoms with E-state index in [0.29, 0.717) is 25.0 Å². The Morgan fingerprint density at radius 2 is 0.846 bits per heavy atom. The molecule has 0 aromatic heterocycles. The smallest absolute Gasteiger partial charge is 0.394 e. The van der Waals surface area contributed by atoms with Crippen molar-refractivity contribution in [3.05, 3.63) is 0 Å². The molecular weight excluding hydrogens is 578 g/mol. The molecule has 3 atom stereocenters. The Labute approximate surface area is 255 Å². The van der Waals surface area contributed by atoms with Crippen LogP contribution < -0.4 is 0 Å². The van der Waals surface area contributed by atoms with Crippen LogP contribution in [0.25, 0.3) is 0 Å². The first-order chi connectivity index (χ1) is 17.7. The van der Waals surface area contributed by atoms with Crippen LogP contribution in [0.15, 0.2) is 0 Å². The van der Waals surface area contributed by atoms with Gasteiger partial charge in [-0.1, -0.05) is 99.3 Å². The maximum absolute atomic E-state index is 11.9. The van der Waals surface area contributed by atoms with Gasteiger partial charge >= 0.3 is 15.6 Å². The minimum atomic E-state index is -4.26. The molecule has 39 heavy (non-hydrogen) atoms. The van der Waals surface area contributed by atoms with Crippen LogP contribution in [0.1, 0.15) is 132 Å². The second-order valence-electron chi connectivity index (χ2n) is 10.2. The summed E-state index contributed by atoms with van der Waals surface area (Å²) in [6.07, 6.45) is 12.5. The van der Waals surface area contributed by atoms with Gasteiger partial charge in [0.15, 0.2) is 0 Å². The molecule has 0 fully saturated rings. The van der Waals surface area contributed by atoms with Gasteiger partial charge in [-0.05, 0) is 50.9 Å². The predicted octanol–water partition coefficient (Wildman–Crippen LogP) is 8.25. The van der Waals surface area contributed by atoms with Gasteiger partial charge in [-0.15, -0.1) is 0 Å². The molecule has 9 nitrogen and oxygen atoms in total. The van der Waals surface area contributed by atoms with Crippen LogP contribution in [0.5, 0.6) is 0 Å². The van der Waals surface area contributed by atoms with Crippen LogP contribution in [0.4, 0.5) is 0 Å². The largest absolute Gasteiger partial charge is 0.472 e. The summed E-state index contributed by atoms with van der Waals surface area (Å²) in [6.45, 7) is 16.8. The molecule has 3 unspecified atom stereocenters. The van der Waals surface area contributed by atoms with Gasteiger partial charge in [0.05, 0.1) is 19.8 Å². The van der Waals surface area contributed by atoms with Crippen molar-refractivity contribution in [1.29, 1.82) is 0 Å². The van der Waals surface area contributed by atoms with Crippen molar-refractivity contribution in [2.75, 3.05) is 19.8 Å². The van der Waals surface area contributed by atoms with Crippen molar-refractivity contribution in [3.8, 4) is 0 Å². The Bertz CT molecular complexity index is 565. The molecule has 4 N–H and O–H groups in total. The predicted molar refractivity (Wildman–Crippen MR) is 157 cm³/mol. The zero-order valence-electron chi connectivity index (χ0n) is 26.1. The molecule has 0 saturated heterocycles. The molecule has 12 heteroatoms. The van der Waals surface area contributed by atoms with E-state index in [9.17, 15) is 14.0 Å². The normalized spacial score (nSPS) is 15.1. The fraction of sp³-hybridized carbons (Fsp3) is 1.00. The van der Waals surface area contributed by atoms with Gasteiger partial charge in [-0.3, -0.25) is 13.6 Å². The van der Waals surface area contributed by atoms with Crippen molar-refractivity contribution in [2.24, 2.45) is 17.8 Å². The van der Waals surface area contributed by atoms with Crippen molar-refractivity contribution in [2.45, 2.75) is 139 Å². The van der Waals surface area contributed by atoms with Gasteiger partial charge in [0, 0.05) is 27.8 Å². The Balaban J connectivity index is -0.000000290. The van der Waals surface area contributed by atoms with Crippen LogP contribution in [0.3, 0.4) is 0 Å². The van der Waals surface area contributed by atoms with E-state index >= 15 is 0 Å². The summed E-state index contributed by atoms with van der Waals surface area (Å²) in [5, 5.41) is 8.06. The summed E-state index contributed by atoms with van der Waals surface area (Å²) < 4.78 is 37.1. The van der Waals surface area contributed by atoms with E-state index in [1.807, 2.05) is 6.92 Å². The third kappa shape index (κ3) is 38.9. The Morgan fingerprint density at radius 3 is 1.05 bits per heavy atom. The molecule has 0 saturated carbocycles. The van der Waals surface area contributed by atoms with Gasteiger partial charge in [0.1, 0.15) is 0 Å². The van der Waals surface area contributed by atoms with E-state index in [1.165, 1.54) is 0 Å². The number of unbranched alkanes of at least 4 members (excludes halogenated alkanes) is 3. The van der Waals surface area contributed by atoms with Gasteiger partial charge in [0.2, 0.25) is 0 Å². The fourth-order valence-corrected chi connectivity index (χ4v) is 4.61. The third-order valence-corrected chi connectivity index (χ3v) is 7.49. The van der Waals surface area contributed by atoms with Gasteiger partial charge in [-0.2, -0.15) is 0 Å². The molecular formula is C27H62O9P2Ti. The van der Waals surface area contributed by atoms with E-state index in [0.717, 1.165) is 77.0 Å². The summed E-state index contributed by atoms with van der Waals surface area (Å²) in [5.74, 6) is 0.958. The van der Waals surface area contributed by atoms with E-state index in [2.05, 4.69) is 39.1 Å². The second-order valence-corrected chi connectivity index (χ2v) is 12.9. The zero-order chi connectivity index (χ0) is 30.0. The maximum Gasteiger partial charge on any atom is 0.472 e. The summed E-state index contributed by atoms with van der Waals surface area (Å²) in [7, 11) is -8.16. The van der Waals surface area contributed by atoms with Crippen molar-refractivity contribution in [3.63, 3.8) is 0 Å². The number of phosphoric acid groups is 2. The molecule has 238 valence electrons. The van der Waals surface area contributed by atoms with Crippen LogP contribution >= 0.6 is 15.6 Å². The van der Waals surface area contributed by atoms with Crippen LogP contribution in [-0.4, -0.2) is 45.7 Å². The monoisotopic (exact) mass is 640 g/mol. The summed E-state index contributed by atoms with van der Waals surface area (Å²) in [6, 6.07) is 0. The second kappa shape index (κ2) is 30.4. The van der Waals surface area contributed by atoms with Crippen LogP contribution in [0.2, 0.25) is 0 Å². The fourth-order valence-electron chi connectivity index (χ4n) is 3.33. The van der Waals surface area contributed by atoms with Gasteiger partial charge < -0.3 is 19.8 Å². The number of phosphoric ester groups is 2. The van der Waals surface area contributed by atoms with E-state index in [4.69, 9.17) is 23.9 Å². The zero-order valence-corrected chi connectivity index (χ0v) is 29.5. The minimum absolute atomic E-state index is 0. The van der Waals surface area contributed by atoms with Crippen LogP contribution in [-0.2, 0) is 44.4 Å². The minimum Gasteiger partial charge on any atom is -0.394 e. The molecule has 0 aliphatic rings. The Hall–Kier alpha value is 0.894. The van der Waals surface area contributed by atoms with Crippen LogP contribution in [0, 0.1) is 17.8 Å². The van der Waals surface area contributed by atoms with Crippen molar-refractivity contribution in [1.82, 2.24) is 0 Å². The first kappa shape index (κ1) is 46.8. The van der Waals surface area contributed by atoms with E-state index in [1.54, 1.807) is 13.8 Å². The van der Waals surface area contributed by atoms with E-state index < -0.39 is 15.6 Å². The van der Waals surface area contributed by atoms with Crippen molar-refractivity contribution < 1.29 is 64.2 Å². The Kier molecular flexibility index (Phi) is 36.5. The first-order valence-corrected chi connectivity index (χ1v) is 17.7. The molecule has 0 aliphatic carbocycles. The average Bonchev–Trinajstić information content (AvgIpc) is 2.84. The number of aliphatic hydroxyl groups excluding tert-OH is 1. The molecule has 0 spiro atoms. The molecule has 0 radical (unpaired) electrons. The number of rotatable bonds is 21. The number of hydrogen-bond donors (Lipinski definition) is 4. The quantitative estimate of drug-likeness (QED) is 0.0720. The number of hydrogen-bond acceptors (Lipinski definition) is 6. The molecule has 0 amide bonds. The maximum atomic E-state index is 11.9. The van der Waals surface area contributed by atoms with Crippen molar-refractivity contribution >= 4 is 15.6 Å². The molecule has 0 aliphatic heterocycles. The first-order valence-electron chi connectivity index (χ1n) is 14.7. The SMILES string of the molecule is CC(C)O.CCCCC(CC)COP(=O)(O)O.CCCCC(CC)COP(=O)(O)OCC(CC)CCCC.[Ti]. The third-order valence-electron chi connectivity index (χ3n) is 6.06. The number of aliphatic hydroxyl groups is 1. The molecule has 0 aromatic rings. The molecule has 0 heterocycles. The summed E-state index contributed by atoms with van der Waals surface area (Å²) in [5.41, 5.74) is 0. The topological polar surface area (TPSA) is 143 Å². The summed E-state index contributed by atoms with van der Waals surface area (Å²) >= 11 is 0. The molecule has 0 bridgehead atoms. The standard InChI is InChI=1S/C16H35O4P.C8H19O4P.C3H8O.Ti/c1-5-9-11-15(7-3)13-19-21(17,18)20-14-16(8-4)12-10-6-2;1-3-5-6-8(4-2)7-12-13(9,10)11;1-3(2)4;/h15-16H,5-14H2,1-4H3,(H,17,18);8H,3-7H2,1-2H3,(H2,9,10,11);3-4H,1-2H3;.